The van der Waals surface area contributed by atoms with Crippen LogP contribution in [0, 0.1) is 0 Å². The summed E-state index contributed by atoms with van der Waals surface area (Å²) < 4.78 is 0. The van der Waals surface area contributed by atoms with Gasteiger partial charge >= 0.3 is 0 Å². The molecule has 1 fully saturated rings. The molecule has 3 rings (SSSR count). The Hall–Kier alpha value is -1.94. The highest BCUT2D eigenvalue weighted by molar-refractivity contribution is 5.60. The van der Waals surface area contributed by atoms with Crippen LogP contribution in [0.25, 0.3) is 11.4 Å². The summed E-state index contributed by atoms with van der Waals surface area (Å²) in [4.78, 5) is 22.1. The van der Waals surface area contributed by atoms with Gasteiger partial charge in [0.1, 0.15) is 5.82 Å². The molecule has 0 radical (unpaired) electrons. The number of benzene rings is 1. The monoisotopic (exact) mass is 325 g/mol. The molecule has 1 aliphatic rings. The Morgan fingerprint density at radius 3 is 2.62 bits per heavy atom. The first-order chi connectivity index (χ1) is 11.8. The van der Waals surface area contributed by atoms with Crippen molar-refractivity contribution in [2.45, 2.75) is 52.0 Å². The van der Waals surface area contributed by atoms with Crippen LogP contribution in [0.2, 0.25) is 0 Å². The maximum atomic E-state index is 12.0. The highest BCUT2D eigenvalue weighted by Crippen LogP contribution is 2.22. The van der Waals surface area contributed by atoms with E-state index in [1.165, 1.54) is 31.2 Å². The Labute approximate surface area is 143 Å². The van der Waals surface area contributed by atoms with Crippen LogP contribution in [0.5, 0.6) is 0 Å². The van der Waals surface area contributed by atoms with E-state index in [0.717, 1.165) is 43.7 Å². The van der Waals surface area contributed by atoms with E-state index in [1.54, 1.807) is 6.07 Å². The molecule has 4 nitrogen and oxygen atoms in total. The van der Waals surface area contributed by atoms with Crippen LogP contribution in [-0.4, -0.2) is 28.0 Å². The van der Waals surface area contributed by atoms with Gasteiger partial charge in [-0.1, -0.05) is 50.5 Å². The molecule has 0 saturated carbocycles. The summed E-state index contributed by atoms with van der Waals surface area (Å²) in [6.45, 7) is 5.36. The fourth-order valence-corrected chi connectivity index (χ4v) is 3.44. The molecule has 2 aromatic rings. The van der Waals surface area contributed by atoms with E-state index in [-0.39, 0.29) is 5.56 Å². The van der Waals surface area contributed by atoms with Gasteiger partial charge in [0, 0.05) is 23.9 Å². The zero-order valence-corrected chi connectivity index (χ0v) is 14.6. The summed E-state index contributed by atoms with van der Waals surface area (Å²) in [6, 6.07) is 9.94. The third kappa shape index (κ3) is 4.32. The normalized spacial score (nSPS) is 16.0. The van der Waals surface area contributed by atoms with Gasteiger partial charge in [0.05, 0.1) is 0 Å². The summed E-state index contributed by atoms with van der Waals surface area (Å²) in [5, 5.41) is 0. The molecule has 128 valence electrons. The van der Waals surface area contributed by atoms with E-state index >= 15 is 0 Å². The zero-order chi connectivity index (χ0) is 16.8. The van der Waals surface area contributed by atoms with Crippen LogP contribution in [0.1, 0.15) is 50.3 Å². The maximum Gasteiger partial charge on any atom is 0.251 e. The van der Waals surface area contributed by atoms with Gasteiger partial charge in [-0.05, 0) is 37.9 Å². The molecule has 1 aromatic heterocycles. The lowest BCUT2D eigenvalue weighted by molar-refractivity contribution is 0.277. The number of aromatic nitrogens is 2. The second kappa shape index (κ2) is 8.25. The molecule has 1 aliphatic heterocycles. The van der Waals surface area contributed by atoms with Gasteiger partial charge < -0.3 is 4.98 Å². The van der Waals surface area contributed by atoms with E-state index in [1.807, 2.05) is 6.07 Å². The van der Waals surface area contributed by atoms with Crippen molar-refractivity contribution in [1.82, 2.24) is 14.9 Å². The van der Waals surface area contributed by atoms with Crippen LogP contribution in [0.3, 0.4) is 0 Å². The largest absolute Gasteiger partial charge is 0.307 e. The lowest BCUT2D eigenvalue weighted by atomic mass is 10.1. The minimum atomic E-state index is -0.0620. The zero-order valence-electron chi connectivity index (χ0n) is 14.6. The van der Waals surface area contributed by atoms with Gasteiger partial charge in [-0.2, -0.15) is 0 Å². The standard InChI is InChI=1S/C20H27N3O/c1-2-9-17-14-19(24)22-20(21-17)18-11-6-5-10-16(18)15-23-12-7-3-4-8-13-23/h5-6,10-11,14H,2-4,7-9,12-13,15H2,1H3,(H,21,22,24). The predicted molar refractivity (Wildman–Crippen MR) is 98.0 cm³/mol. The highest BCUT2D eigenvalue weighted by atomic mass is 16.1. The van der Waals surface area contributed by atoms with Crippen LogP contribution in [0.15, 0.2) is 35.1 Å². The van der Waals surface area contributed by atoms with Crippen LogP contribution in [-0.2, 0) is 13.0 Å². The molecule has 24 heavy (non-hydrogen) atoms. The third-order valence-corrected chi connectivity index (χ3v) is 4.67. The number of hydrogen-bond donors (Lipinski definition) is 1. The molecule has 0 unspecified atom stereocenters. The second-order valence-electron chi connectivity index (χ2n) is 6.68. The lowest BCUT2D eigenvalue weighted by Gasteiger charge is -2.21. The van der Waals surface area contributed by atoms with Gasteiger partial charge in [0.25, 0.3) is 5.56 Å². The molecule has 0 aliphatic carbocycles. The Kier molecular flexibility index (Phi) is 5.81. The van der Waals surface area contributed by atoms with Gasteiger partial charge in [0.2, 0.25) is 0 Å². The van der Waals surface area contributed by atoms with Gasteiger partial charge in [-0.25, -0.2) is 4.98 Å². The minimum absolute atomic E-state index is 0.0620. The number of H-pyrrole nitrogens is 1. The molecular weight excluding hydrogens is 298 g/mol. The number of nitrogens with zero attached hydrogens (tertiary/aromatic N) is 2. The Balaban J connectivity index is 1.90. The number of hydrogen-bond acceptors (Lipinski definition) is 3. The van der Waals surface area contributed by atoms with Crippen molar-refractivity contribution in [2.75, 3.05) is 13.1 Å². The van der Waals surface area contributed by atoms with Gasteiger partial charge in [-0.3, -0.25) is 9.69 Å². The molecule has 4 heteroatoms. The maximum absolute atomic E-state index is 12.0. The average Bonchev–Trinajstić information content (AvgIpc) is 2.84. The molecule has 0 bridgehead atoms. The summed E-state index contributed by atoms with van der Waals surface area (Å²) in [5.41, 5.74) is 3.11. The lowest BCUT2D eigenvalue weighted by Crippen LogP contribution is -2.24. The number of aromatic amines is 1. The first-order valence-electron chi connectivity index (χ1n) is 9.17. The molecule has 1 N–H and O–H groups in total. The summed E-state index contributed by atoms with van der Waals surface area (Å²) in [7, 11) is 0. The fourth-order valence-electron chi connectivity index (χ4n) is 3.44. The average molecular weight is 325 g/mol. The number of likely N-dealkylation sites (tertiary alicyclic amines) is 1. The first kappa shape index (κ1) is 16.9. The quantitative estimate of drug-likeness (QED) is 0.910. The Morgan fingerprint density at radius 2 is 1.88 bits per heavy atom. The van der Waals surface area contributed by atoms with E-state index in [0.29, 0.717) is 5.82 Å². The first-order valence-corrected chi connectivity index (χ1v) is 9.17. The smallest absolute Gasteiger partial charge is 0.251 e. The van der Waals surface area contributed by atoms with Crippen molar-refractivity contribution in [3.63, 3.8) is 0 Å². The molecule has 0 atom stereocenters. The topological polar surface area (TPSA) is 49.0 Å². The van der Waals surface area contributed by atoms with Crippen molar-refractivity contribution < 1.29 is 0 Å². The second-order valence-corrected chi connectivity index (χ2v) is 6.68. The van der Waals surface area contributed by atoms with Crippen molar-refractivity contribution in [2.24, 2.45) is 0 Å². The van der Waals surface area contributed by atoms with Crippen molar-refractivity contribution in [1.29, 1.82) is 0 Å². The van der Waals surface area contributed by atoms with Crippen molar-refractivity contribution >= 4 is 0 Å². The van der Waals surface area contributed by atoms with E-state index in [2.05, 4.69) is 35.0 Å². The van der Waals surface area contributed by atoms with Gasteiger partial charge in [0.15, 0.2) is 0 Å². The van der Waals surface area contributed by atoms with Gasteiger partial charge in [-0.15, -0.1) is 0 Å². The number of nitrogens with one attached hydrogen (secondary N) is 1. The Morgan fingerprint density at radius 1 is 1.12 bits per heavy atom. The predicted octanol–water partition coefficient (Wildman–Crippen LogP) is 3.77. The summed E-state index contributed by atoms with van der Waals surface area (Å²) in [6.07, 6.45) is 7.07. The molecule has 2 heterocycles. The van der Waals surface area contributed by atoms with E-state index in [4.69, 9.17) is 4.98 Å². The van der Waals surface area contributed by atoms with E-state index < -0.39 is 0 Å². The molecule has 0 amide bonds. The summed E-state index contributed by atoms with van der Waals surface area (Å²) >= 11 is 0. The number of aryl methyl sites for hydroxylation is 1. The van der Waals surface area contributed by atoms with Crippen LogP contribution < -0.4 is 5.56 Å². The highest BCUT2D eigenvalue weighted by Gasteiger charge is 2.14. The summed E-state index contributed by atoms with van der Waals surface area (Å²) in [5.74, 6) is 0.705. The minimum Gasteiger partial charge on any atom is -0.307 e. The van der Waals surface area contributed by atoms with Crippen LogP contribution >= 0.6 is 0 Å². The van der Waals surface area contributed by atoms with E-state index in [9.17, 15) is 4.79 Å². The van der Waals surface area contributed by atoms with Crippen molar-refractivity contribution in [3.05, 3.63) is 51.9 Å². The van der Waals surface area contributed by atoms with Crippen LogP contribution in [0.4, 0.5) is 0 Å². The molecule has 0 spiro atoms. The van der Waals surface area contributed by atoms with Crippen molar-refractivity contribution in [3.8, 4) is 11.4 Å². The fraction of sp³-hybridized carbons (Fsp3) is 0.500. The SMILES string of the molecule is CCCc1cc(=O)[nH]c(-c2ccccc2CN2CCCCCC2)n1. The molecular formula is C20H27N3O. The molecule has 1 saturated heterocycles. The Bertz CT molecular complexity index is 715. The number of rotatable bonds is 5. The third-order valence-electron chi connectivity index (χ3n) is 4.67. The molecule has 1 aromatic carbocycles.